The van der Waals surface area contributed by atoms with Crippen molar-refractivity contribution in [1.82, 2.24) is 0 Å². The van der Waals surface area contributed by atoms with E-state index < -0.39 is 17.1 Å². The molecular weight excluding hydrogens is 303 g/mol. The molecule has 1 aliphatic rings. The first kappa shape index (κ1) is 15.2. The average Bonchev–Trinajstić information content (AvgIpc) is 2.42. The fraction of sp³-hybridized carbons (Fsp3) is 0.385. The van der Waals surface area contributed by atoms with Crippen LogP contribution in [0.4, 0.5) is 10.1 Å². The summed E-state index contributed by atoms with van der Waals surface area (Å²) in [4.78, 5) is 12.5. The van der Waals surface area contributed by atoms with Gasteiger partial charge in [0, 0.05) is 18.2 Å². The van der Waals surface area contributed by atoms with Crippen LogP contribution in [0, 0.1) is 11.2 Å². The molecule has 1 saturated heterocycles. The van der Waals surface area contributed by atoms with Crippen molar-refractivity contribution in [2.45, 2.75) is 12.8 Å². The summed E-state index contributed by atoms with van der Waals surface area (Å²) in [5.74, 6) is -1.01. The highest BCUT2D eigenvalue weighted by Crippen LogP contribution is 2.33. The van der Waals surface area contributed by atoms with Crippen molar-refractivity contribution in [3.8, 4) is 0 Å². The van der Waals surface area contributed by atoms with E-state index in [2.05, 4.69) is 5.32 Å². The Labute approximate surface area is 126 Å². The highest BCUT2D eigenvalue weighted by Gasteiger charge is 2.43. The molecule has 1 aromatic rings. The molecule has 0 radical (unpaired) electrons. The molecule has 0 spiro atoms. The quantitative estimate of drug-likeness (QED) is 0.841. The van der Waals surface area contributed by atoms with Gasteiger partial charge in [-0.2, -0.15) is 0 Å². The summed E-state index contributed by atoms with van der Waals surface area (Å²) < 4.78 is 18.9. The SMILES string of the molecule is NC(=S)C1(C(=O)Nc2ccc(Cl)cc2F)CCOCC1. The first-order valence-corrected chi connectivity index (χ1v) is 6.88. The third-order valence-corrected chi connectivity index (χ3v) is 4.06. The van der Waals surface area contributed by atoms with E-state index in [0.717, 1.165) is 6.07 Å². The van der Waals surface area contributed by atoms with E-state index in [1.54, 1.807) is 0 Å². The maximum atomic E-state index is 13.7. The Bertz CT molecular complexity index is 547. The second-order valence-corrected chi connectivity index (χ2v) is 5.51. The Morgan fingerprint density at radius 1 is 1.45 bits per heavy atom. The molecule has 4 nitrogen and oxygen atoms in total. The van der Waals surface area contributed by atoms with Crippen LogP contribution in [0.5, 0.6) is 0 Å². The van der Waals surface area contributed by atoms with Gasteiger partial charge in [-0.05, 0) is 31.0 Å². The van der Waals surface area contributed by atoms with Crippen molar-refractivity contribution in [2.24, 2.45) is 11.1 Å². The molecular formula is C13H14ClFN2O2S. The molecule has 0 atom stereocenters. The minimum atomic E-state index is -0.986. The number of nitrogens with one attached hydrogen (secondary N) is 1. The van der Waals surface area contributed by atoms with E-state index in [9.17, 15) is 9.18 Å². The number of hydrogen-bond donors (Lipinski definition) is 2. The Hall–Kier alpha value is -1.24. The second kappa shape index (κ2) is 6.03. The predicted octanol–water partition coefficient (Wildman–Crippen LogP) is 2.50. The topological polar surface area (TPSA) is 64.4 Å². The standard InChI is InChI=1S/C13H14ClFN2O2S/c14-8-1-2-10(9(15)7-8)17-12(18)13(11(16)20)3-5-19-6-4-13/h1-2,7H,3-6H2,(H2,16,20)(H,17,18). The number of halogens is 2. The largest absolute Gasteiger partial charge is 0.392 e. The van der Waals surface area contributed by atoms with Crippen LogP contribution in [0.1, 0.15) is 12.8 Å². The zero-order valence-electron chi connectivity index (χ0n) is 10.6. The van der Waals surface area contributed by atoms with E-state index in [4.69, 9.17) is 34.3 Å². The minimum absolute atomic E-state index is 0.0570. The van der Waals surface area contributed by atoms with E-state index in [1.807, 2.05) is 0 Å². The van der Waals surface area contributed by atoms with Gasteiger partial charge in [0.15, 0.2) is 0 Å². The number of benzene rings is 1. The van der Waals surface area contributed by atoms with Gasteiger partial charge in [0.2, 0.25) is 5.91 Å². The summed E-state index contributed by atoms with van der Waals surface area (Å²) in [5, 5.41) is 2.79. The second-order valence-electron chi connectivity index (χ2n) is 4.64. The smallest absolute Gasteiger partial charge is 0.237 e. The summed E-state index contributed by atoms with van der Waals surface area (Å²) in [6.45, 7) is 0.793. The number of carbonyl (C=O) groups is 1. The van der Waals surface area contributed by atoms with Crippen LogP contribution < -0.4 is 11.1 Å². The monoisotopic (exact) mass is 316 g/mol. The molecule has 7 heteroatoms. The van der Waals surface area contributed by atoms with Crippen molar-refractivity contribution >= 4 is 40.4 Å². The number of carbonyl (C=O) groups excluding carboxylic acids is 1. The molecule has 0 bridgehead atoms. The number of nitrogens with two attached hydrogens (primary N) is 1. The maximum absolute atomic E-state index is 13.7. The molecule has 1 aliphatic heterocycles. The van der Waals surface area contributed by atoms with E-state index in [-0.39, 0.29) is 15.7 Å². The fourth-order valence-electron chi connectivity index (χ4n) is 2.14. The van der Waals surface area contributed by atoms with Crippen molar-refractivity contribution in [3.63, 3.8) is 0 Å². The summed E-state index contributed by atoms with van der Waals surface area (Å²) in [6, 6.07) is 4.04. The van der Waals surface area contributed by atoms with Crippen LogP contribution >= 0.6 is 23.8 Å². The van der Waals surface area contributed by atoms with Gasteiger partial charge in [-0.15, -0.1) is 0 Å². The third kappa shape index (κ3) is 2.92. The Balaban J connectivity index is 2.22. The van der Waals surface area contributed by atoms with Crippen LogP contribution in [-0.4, -0.2) is 24.1 Å². The third-order valence-electron chi connectivity index (χ3n) is 3.43. The van der Waals surface area contributed by atoms with Gasteiger partial charge >= 0.3 is 0 Å². The molecule has 0 unspecified atom stereocenters. The van der Waals surface area contributed by atoms with E-state index in [0.29, 0.717) is 26.1 Å². The molecule has 1 heterocycles. The van der Waals surface area contributed by atoms with Crippen molar-refractivity contribution in [3.05, 3.63) is 29.0 Å². The summed E-state index contributed by atoms with van der Waals surface area (Å²) >= 11 is 10.7. The number of anilines is 1. The number of rotatable bonds is 3. The van der Waals surface area contributed by atoms with Crippen LogP contribution in [0.3, 0.4) is 0 Å². The zero-order chi connectivity index (χ0) is 14.8. The van der Waals surface area contributed by atoms with Gasteiger partial charge in [0.05, 0.1) is 10.7 Å². The van der Waals surface area contributed by atoms with Crippen molar-refractivity contribution < 1.29 is 13.9 Å². The average molecular weight is 317 g/mol. The maximum Gasteiger partial charge on any atom is 0.237 e. The molecule has 1 amide bonds. The van der Waals surface area contributed by atoms with Gasteiger partial charge in [-0.25, -0.2) is 4.39 Å². The summed E-state index contributed by atoms with van der Waals surface area (Å²) in [7, 11) is 0. The lowest BCUT2D eigenvalue weighted by molar-refractivity contribution is -0.126. The number of thiocarbonyl (C=S) groups is 1. The first-order chi connectivity index (χ1) is 9.45. The minimum Gasteiger partial charge on any atom is -0.392 e. The van der Waals surface area contributed by atoms with Gasteiger partial charge in [-0.1, -0.05) is 23.8 Å². The lowest BCUT2D eigenvalue weighted by Crippen LogP contribution is -2.49. The Morgan fingerprint density at radius 2 is 2.10 bits per heavy atom. The molecule has 1 fully saturated rings. The molecule has 2 rings (SSSR count). The predicted molar refractivity (Wildman–Crippen MR) is 79.3 cm³/mol. The summed E-state index contributed by atoms with van der Waals surface area (Å²) in [6.07, 6.45) is 0.784. The lowest BCUT2D eigenvalue weighted by Gasteiger charge is -2.34. The van der Waals surface area contributed by atoms with Gasteiger partial charge in [-0.3, -0.25) is 4.79 Å². The fourth-order valence-corrected chi connectivity index (χ4v) is 2.59. The molecule has 0 aromatic heterocycles. The van der Waals surface area contributed by atoms with E-state index in [1.165, 1.54) is 12.1 Å². The van der Waals surface area contributed by atoms with Crippen molar-refractivity contribution in [1.29, 1.82) is 0 Å². The number of amides is 1. The van der Waals surface area contributed by atoms with Crippen molar-refractivity contribution in [2.75, 3.05) is 18.5 Å². The van der Waals surface area contributed by atoms with Crippen LogP contribution in [0.25, 0.3) is 0 Å². The van der Waals surface area contributed by atoms with Crippen LogP contribution in [0.2, 0.25) is 5.02 Å². The lowest BCUT2D eigenvalue weighted by atomic mass is 9.79. The molecule has 1 aromatic carbocycles. The summed E-state index contributed by atoms with van der Waals surface area (Å²) in [5.41, 5.74) is 4.79. The van der Waals surface area contributed by atoms with Gasteiger partial charge in [0.25, 0.3) is 0 Å². The molecule has 0 aliphatic carbocycles. The Kier molecular flexibility index (Phi) is 4.57. The highest BCUT2D eigenvalue weighted by atomic mass is 35.5. The number of ether oxygens (including phenoxy) is 1. The Morgan fingerprint density at radius 3 is 2.65 bits per heavy atom. The van der Waals surface area contributed by atoms with Gasteiger partial charge < -0.3 is 15.8 Å². The molecule has 3 N–H and O–H groups in total. The van der Waals surface area contributed by atoms with Crippen LogP contribution in [0.15, 0.2) is 18.2 Å². The molecule has 108 valence electrons. The molecule has 20 heavy (non-hydrogen) atoms. The first-order valence-electron chi connectivity index (χ1n) is 6.10. The number of hydrogen-bond acceptors (Lipinski definition) is 3. The highest BCUT2D eigenvalue weighted by molar-refractivity contribution is 7.80. The zero-order valence-corrected chi connectivity index (χ0v) is 12.2. The van der Waals surface area contributed by atoms with Crippen LogP contribution in [-0.2, 0) is 9.53 Å². The van der Waals surface area contributed by atoms with Gasteiger partial charge in [0.1, 0.15) is 11.2 Å². The van der Waals surface area contributed by atoms with E-state index >= 15 is 0 Å². The normalized spacial score (nSPS) is 17.5. The molecule has 0 saturated carbocycles.